The lowest BCUT2D eigenvalue weighted by molar-refractivity contribution is -0.146. The van der Waals surface area contributed by atoms with Crippen molar-refractivity contribution < 1.29 is 14.3 Å². The third-order valence-electron chi connectivity index (χ3n) is 4.03. The van der Waals surface area contributed by atoms with Crippen molar-refractivity contribution in [3.05, 3.63) is 0 Å². The Morgan fingerprint density at radius 1 is 1.11 bits per heavy atom. The van der Waals surface area contributed by atoms with E-state index >= 15 is 0 Å². The van der Waals surface area contributed by atoms with Crippen molar-refractivity contribution in [2.45, 2.75) is 59.8 Å². The van der Waals surface area contributed by atoms with Gasteiger partial charge in [-0.25, -0.2) is 0 Å². The first-order valence-corrected chi connectivity index (χ1v) is 7.03. The normalized spacial score (nSPS) is 24.7. The van der Waals surface area contributed by atoms with Gasteiger partial charge in [-0.15, -0.1) is 0 Å². The molecule has 1 rings (SSSR count). The number of esters is 1. The highest BCUT2D eigenvalue weighted by Gasteiger charge is 2.32. The number of hydrogen-bond donors (Lipinski definition) is 0. The fourth-order valence-electron chi connectivity index (χ4n) is 2.78. The summed E-state index contributed by atoms with van der Waals surface area (Å²) in [4.78, 5) is 23.2. The molecule has 1 fully saturated rings. The minimum Gasteiger partial charge on any atom is -0.466 e. The van der Waals surface area contributed by atoms with Crippen LogP contribution < -0.4 is 0 Å². The summed E-state index contributed by atoms with van der Waals surface area (Å²) in [6.45, 7) is 8.90. The lowest BCUT2D eigenvalue weighted by Gasteiger charge is -2.36. The smallest absolute Gasteiger partial charge is 0.313 e. The van der Waals surface area contributed by atoms with Crippen LogP contribution in [0.25, 0.3) is 0 Å². The Bertz CT molecular complexity index is 293. The zero-order chi connectivity index (χ0) is 13.8. The van der Waals surface area contributed by atoms with Gasteiger partial charge in [-0.1, -0.05) is 20.8 Å². The number of ketones is 1. The Balaban J connectivity index is 2.39. The molecule has 1 aliphatic carbocycles. The molecule has 0 aliphatic heterocycles. The van der Waals surface area contributed by atoms with Gasteiger partial charge in [-0.2, -0.15) is 0 Å². The predicted molar refractivity (Wildman–Crippen MR) is 71.2 cm³/mol. The molecular formula is C15H26O3. The van der Waals surface area contributed by atoms with E-state index in [-0.39, 0.29) is 24.1 Å². The second kappa shape index (κ2) is 6.35. The molecule has 0 spiro atoms. The second-order valence-electron chi connectivity index (χ2n) is 6.36. The molecule has 0 bridgehead atoms. The molecule has 0 N–H and O–H groups in total. The number of carbonyl (C=O) groups is 2. The SMILES string of the molecule is CCOC(=O)CC(=O)C1CCC(C(C)(C)C)CC1. The van der Waals surface area contributed by atoms with Gasteiger partial charge in [0.1, 0.15) is 12.2 Å². The van der Waals surface area contributed by atoms with Crippen LogP contribution in [0.2, 0.25) is 0 Å². The summed E-state index contributed by atoms with van der Waals surface area (Å²) in [7, 11) is 0. The second-order valence-corrected chi connectivity index (χ2v) is 6.36. The van der Waals surface area contributed by atoms with Gasteiger partial charge in [-0.3, -0.25) is 9.59 Å². The minimum atomic E-state index is -0.375. The molecule has 0 aromatic heterocycles. The molecule has 3 heteroatoms. The maximum Gasteiger partial charge on any atom is 0.313 e. The molecule has 0 radical (unpaired) electrons. The zero-order valence-corrected chi connectivity index (χ0v) is 12.1. The van der Waals surface area contributed by atoms with Crippen molar-refractivity contribution >= 4 is 11.8 Å². The van der Waals surface area contributed by atoms with E-state index in [0.717, 1.165) is 25.7 Å². The maximum absolute atomic E-state index is 11.9. The summed E-state index contributed by atoms with van der Waals surface area (Å²) >= 11 is 0. The largest absolute Gasteiger partial charge is 0.466 e. The summed E-state index contributed by atoms with van der Waals surface area (Å²) in [6, 6.07) is 0. The summed E-state index contributed by atoms with van der Waals surface area (Å²) in [6.07, 6.45) is 4.02. The van der Waals surface area contributed by atoms with Gasteiger partial charge < -0.3 is 4.74 Å². The highest BCUT2D eigenvalue weighted by Crippen LogP contribution is 2.40. The van der Waals surface area contributed by atoms with Crippen LogP contribution in [0.5, 0.6) is 0 Å². The van der Waals surface area contributed by atoms with Crippen LogP contribution in [0, 0.1) is 17.3 Å². The highest BCUT2D eigenvalue weighted by molar-refractivity contribution is 5.96. The number of hydrogen-bond acceptors (Lipinski definition) is 3. The van der Waals surface area contributed by atoms with Crippen molar-refractivity contribution in [1.29, 1.82) is 0 Å². The van der Waals surface area contributed by atoms with Crippen LogP contribution in [-0.2, 0) is 14.3 Å². The Labute approximate surface area is 110 Å². The molecule has 0 aromatic rings. The third kappa shape index (κ3) is 4.43. The Hall–Kier alpha value is -0.860. The molecule has 104 valence electrons. The van der Waals surface area contributed by atoms with E-state index in [0.29, 0.717) is 17.9 Å². The van der Waals surface area contributed by atoms with Crippen molar-refractivity contribution in [2.24, 2.45) is 17.3 Å². The van der Waals surface area contributed by atoms with Gasteiger partial charge in [0, 0.05) is 5.92 Å². The predicted octanol–water partition coefficient (Wildman–Crippen LogP) is 3.36. The lowest BCUT2D eigenvalue weighted by Crippen LogP contribution is -2.29. The Kier molecular flexibility index (Phi) is 5.36. The first-order chi connectivity index (χ1) is 8.34. The summed E-state index contributed by atoms with van der Waals surface area (Å²) in [5, 5.41) is 0. The average molecular weight is 254 g/mol. The van der Waals surface area contributed by atoms with Gasteiger partial charge in [0.25, 0.3) is 0 Å². The van der Waals surface area contributed by atoms with E-state index in [4.69, 9.17) is 4.74 Å². The molecule has 0 unspecified atom stereocenters. The van der Waals surface area contributed by atoms with Crippen molar-refractivity contribution in [3.8, 4) is 0 Å². The molecule has 0 saturated heterocycles. The summed E-state index contributed by atoms with van der Waals surface area (Å²) < 4.78 is 4.82. The van der Waals surface area contributed by atoms with Gasteiger partial charge >= 0.3 is 5.97 Å². The van der Waals surface area contributed by atoms with E-state index in [9.17, 15) is 9.59 Å². The van der Waals surface area contributed by atoms with Crippen LogP contribution in [0.1, 0.15) is 59.8 Å². The monoisotopic (exact) mass is 254 g/mol. The van der Waals surface area contributed by atoms with Crippen molar-refractivity contribution in [2.75, 3.05) is 6.61 Å². The van der Waals surface area contributed by atoms with Crippen LogP contribution in [0.3, 0.4) is 0 Å². The number of ether oxygens (including phenoxy) is 1. The molecule has 1 aliphatic rings. The topological polar surface area (TPSA) is 43.4 Å². The molecule has 0 heterocycles. The van der Waals surface area contributed by atoms with Gasteiger partial charge in [-0.05, 0) is 43.9 Å². The third-order valence-corrected chi connectivity index (χ3v) is 4.03. The maximum atomic E-state index is 11.9. The van der Waals surface area contributed by atoms with Crippen LogP contribution in [0.15, 0.2) is 0 Å². The lowest BCUT2D eigenvalue weighted by atomic mass is 9.69. The Morgan fingerprint density at radius 2 is 1.67 bits per heavy atom. The zero-order valence-electron chi connectivity index (χ0n) is 12.1. The molecule has 0 amide bonds. The summed E-state index contributed by atoms with van der Waals surface area (Å²) in [5.41, 5.74) is 0.329. The minimum absolute atomic E-state index is 0.0430. The number of carbonyl (C=O) groups excluding carboxylic acids is 2. The van der Waals surface area contributed by atoms with Gasteiger partial charge in [0.15, 0.2) is 0 Å². The van der Waals surface area contributed by atoms with Crippen molar-refractivity contribution in [1.82, 2.24) is 0 Å². The first kappa shape index (κ1) is 15.2. The van der Waals surface area contributed by atoms with E-state index < -0.39 is 0 Å². The Morgan fingerprint density at radius 3 is 2.11 bits per heavy atom. The van der Waals surface area contributed by atoms with Crippen molar-refractivity contribution in [3.63, 3.8) is 0 Å². The van der Waals surface area contributed by atoms with E-state index in [1.165, 1.54) is 0 Å². The molecule has 0 atom stereocenters. The van der Waals surface area contributed by atoms with E-state index in [2.05, 4.69) is 20.8 Å². The molecule has 0 aromatic carbocycles. The molecular weight excluding hydrogens is 228 g/mol. The highest BCUT2D eigenvalue weighted by atomic mass is 16.5. The fourth-order valence-corrected chi connectivity index (χ4v) is 2.78. The molecule has 3 nitrogen and oxygen atoms in total. The number of Topliss-reactive ketones (excluding diaryl/α,β-unsaturated/α-hetero) is 1. The van der Waals surface area contributed by atoms with Crippen LogP contribution >= 0.6 is 0 Å². The summed E-state index contributed by atoms with van der Waals surface area (Å²) in [5.74, 6) is 0.471. The van der Waals surface area contributed by atoms with Gasteiger partial charge in [0.2, 0.25) is 0 Å². The van der Waals surface area contributed by atoms with Crippen LogP contribution in [-0.4, -0.2) is 18.4 Å². The molecule has 18 heavy (non-hydrogen) atoms. The number of rotatable bonds is 4. The average Bonchev–Trinajstić information content (AvgIpc) is 2.28. The van der Waals surface area contributed by atoms with Gasteiger partial charge in [0.05, 0.1) is 6.61 Å². The van der Waals surface area contributed by atoms with E-state index in [1.807, 2.05) is 0 Å². The molecule has 1 saturated carbocycles. The fraction of sp³-hybridized carbons (Fsp3) is 0.867. The van der Waals surface area contributed by atoms with E-state index in [1.54, 1.807) is 6.92 Å². The van der Waals surface area contributed by atoms with Crippen LogP contribution in [0.4, 0.5) is 0 Å². The first-order valence-electron chi connectivity index (χ1n) is 7.03. The standard InChI is InChI=1S/C15H26O3/c1-5-18-14(17)10-13(16)11-6-8-12(9-7-11)15(2,3)4/h11-12H,5-10H2,1-4H3. The quantitative estimate of drug-likeness (QED) is 0.570.